The molecule has 82 valence electrons. The highest BCUT2D eigenvalue weighted by Crippen LogP contribution is 2.19. The van der Waals surface area contributed by atoms with Crippen LogP contribution in [0, 0.1) is 0 Å². The van der Waals surface area contributed by atoms with Crippen molar-refractivity contribution in [1.82, 2.24) is 0 Å². The van der Waals surface area contributed by atoms with Gasteiger partial charge >= 0.3 is 0 Å². The van der Waals surface area contributed by atoms with Crippen molar-refractivity contribution in [3.8, 4) is 0 Å². The molecule has 0 spiro atoms. The molecular weight excluding hydrogens is 220 g/mol. The third-order valence-corrected chi connectivity index (χ3v) is 2.78. The number of aliphatic hydroxyl groups excluding tert-OH is 1. The molecule has 0 aromatic heterocycles. The third kappa shape index (κ3) is 2.84. The van der Waals surface area contributed by atoms with Crippen LogP contribution < -0.4 is 0 Å². The van der Waals surface area contributed by atoms with Crippen LogP contribution in [0.3, 0.4) is 0 Å². The maximum Gasteiger partial charge on any atom is 0.0830 e. The van der Waals surface area contributed by atoms with Crippen LogP contribution in [0.4, 0.5) is 0 Å². The van der Waals surface area contributed by atoms with Gasteiger partial charge in [0.15, 0.2) is 0 Å². The lowest BCUT2D eigenvalue weighted by Crippen LogP contribution is -2.01. The van der Waals surface area contributed by atoms with E-state index < -0.39 is 6.10 Å². The normalized spacial score (nSPS) is 12.4. The van der Waals surface area contributed by atoms with Crippen LogP contribution >= 0.6 is 11.6 Å². The van der Waals surface area contributed by atoms with Gasteiger partial charge in [-0.2, -0.15) is 0 Å². The summed E-state index contributed by atoms with van der Waals surface area (Å²) in [6, 6.07) is 17.2. The van der Waals surface area contributed by atoms with Gasteiger partial charge in [0.2, 0.25) is 0 Å². The van der Waals surface area contributed by atoms with Crippen LogP contribution in [-0.4, -0.2) is 5.11 Å². The molecule has 0 fully saturated rings. The first-order valence-corrected chi connectivity index (χ1v) is 5.61. The molecule has 0 aliphatic heterocycles. The summed E-state index contributed by atoms with van der Waals surface area (Å²) in [5, 5.41) is 10.7. The first kappa shape index (κ1) is 11.2. The molecule has 2 heteroatoms. The van der Waals surface area contributed by atoms with E-state index in [4.69, 9.17) is 11.6 Å². The predicted octanol–water partition coefficient (Wildman–Crippen LogP) is 3.62. The van der Waals surface area contributed by atoms with E-state index in [1.807, 2.05) is 54.6 Å². The van der Waals surface area contributed by atoms with Gasteiger partial charge in [-0.3, -0.25) is 0 Å². The molecule has 16 heavy (non-hydrogen) atoms. The lowest BCUT2D eigenvalue weighted by Gasteiger charge is -2.10. The molecule has 1 nitrogen and oxygen atoms in total. The molecule has 0 aliphatic carbocycles. The van der Waals surface area contributed by atoms with Gasteiger partial charge in [-0.25, -0.2) is 0 Å². The summed E-state index contributed by atoms with van der Waals surface area (Å²) < 4.78 is 0. The highest BCUT2D eigenvalue weighted by Gasteiger charge is 2.07. The van der Waals surface area contributed by atoms with Gasteiger partial charge in [0.25, 0.3) is 0 Å². The van der Waals surface area contributed by atoms with Crippen molar-refractivity contribution in [2.24, 2.45) is 0 Å². The highest BCUT2D eigenvalue weighted by molar-refractivity contribution is 6.30. The Morgan fingerprint density at radius 3 is 2.19 bits per heavy atom. The highest BCUT2D eigenvalue weighted by atomic mass is 35.5. The molecule has 0 radical (unpaired) electrons. The fourth-order valence-electron chi connectivity index (χ4n) is 1.64. The molecule has 0 amide bonds. The Bertz CT molecular complexity index is 436. The molecular formula is C14H13ClO. The monoisotopic (exact) mass is 232 g/mol. The Balaban J connectivity index is 2.08. The van der Waals surface area contributed by atoms with E-state index in [1.54, 1.807) is 0 Å². The fourth-order valence-corrected chi connectivity index (χ4v) is 1.76. The second-order valence-electron chi connectivity index (χ2n) is 3.76. The average Bonchev–Trinajstić information content (AvgIpc) is 2.33. The molecule has 2 aromatic rings. The van der Waals surface area contributed by atoms with Gasteiger partial charge in [0.05, 0.1) is 6.10 Å². The maximum absolute atomic E-state index is 10.0. The third-order valence-electron chi connectivity index (χ3n) is 2.53. The molecule has 0 bridgehead atoms. The van der Waals surface area contributed by atoms with Gasteiger partial charge in [-0.05, 0) is 23.3 Å². The topological polar surface area (TPSA) is 20.2 Å². The molecule has 1 atom stereocenters. The van der Waals surface area contributed by atoms with Crippen LogP contribution in [0.25, 0.3) is 0 Å². The quantitative estimate of drug-likeness (QED) is 0.857. The summed E-state index contributed by atoms with van der Waals surface area (Å²) >= 11 is 5.80. The van der Waals surface area contributed by atoms with E-state index >= 15 is 0 Å². The van der Waals surface area contributed by atoms with Gasteiger partial charge in [-0.15, -0.1) is 0 Å². The molecule has 2 aromatic carbocycles. The van der Waals surface area contributed by atoms with E-state index in [9.17, 15) is 5.11 Å². The average molecular weight is 233 g/mol. The molecule has 0 heterocycles. The first-order chi connectivity index (χ1) is 7.75. The minimum Gasteiger partial charge on any atom is -0.388 e. The predicted molar refractivity (Wildman–Crippen MR) is 66.6 cm³/mol. The summed E-state index contributed by atoms with van der Waals surface area (Å²) in [5.74, 6) is 0. The summed E-state index contributed by atoms with van der Waals surface area (Å²) in [7, 11) is 0. The van der Waals surface area contributed by atoms with Gasteiger partial charge in [0.1, 0.15) is 0 Å². The van der Waals surface area contributed by atoms with Crippen molar-refractivity contribution >= 4 is 11.6 Å². The van der Waals surface area contributed by atoms with E-state index in [1.165, 1.54) is 0 Å². The Hall–Kier alpha value is -1.31. The van der Waals surface area contributed by atoms with Crippen molar-refractivity contribution in [1.29, 1.82) is 0 Å². The zero-order valence-electron chi connectivity index (χ0n) is 8.81. The van der Waals surface area contributed by atoms with E-state index in [0.717, 1.165) is 16.1 Å². The molecule has 1 N–H and O–H groups in total. The summed E-state index contributed by atoms with van der Waals surface area (Å²) in [4.78, 5) is 0. The second kappa shape index (κ2) is 5.15. The van der Waals surface area contributed by atoms with E-state index in [0.29, 0.717) is 6.42 Å². The number of aliphatic hydroxyl groups is 1. The Labute approximate surface area is 100 Å². The van der Waals surface area contributed by atoms with Crippen LogP contribution in [0.15, 0.2) is 54.6 Å². The Morgan fingerprint density at radius 2 is 1.56 bits per heavy atom. The van der Waals surface area contributed by atoms with Crippen molar-refractivity contribution < 1.29 is 5.11 Å². The number of hydrogen-bond donors (Lipinski definition) is 1. The zero-order valence-corrected chi connectivity index (χ0v) is 9.56. The first-order valence-electron chi connectivity index (χ1n) is 5.23. The number of halogens is 1. The zero-order chi connectivity index (χ0) is 11.4. The Morgan fingerprint density at radius 1 is 0.938 bits per heavy atom. The molecule has 0 aliphatic rings. The van der Waals surface area contributed by atoms with Crippen LogP contribution in [0.2, 0.25) is 5.02 Å². The molecule has 2 rings (SSSR count). The van der Waals surface area contributed by atoms with Crippen LogP contribution in [-0.2, 0) is 6.42 Å². The smallest absolute Gasteiger partial charge is 0.0830 e. The minimum absolute atomic E-state index is 0.456. The van der Waals surface area contributed by atoms with E-state index in [-0.39, 0.29) is 0 Å². The van der Waals surface area contributed by atoms with Crippen molar-refractivity contribution in [2.75, 3.05) is 0 Å². The van der Waals surface area contributed by atoms with Gasteiger partial charge in [0, 0.05) is 11.4 Å². The number of benzene rings is 2. The largest absolute Gasteiger partial charge is 0.388 e. The molecule has 0 saturated heterocycles. The van der Waals surface area contributed by atoms with Crippen LogP contribution in [0.1, 0.15) is 17.2 Å². The lowest BCUT2D eigenvalue weighted by molar-refractivity contribution is 0.178. The molecule has 1 unspecified atom stereocenters. The number of hydrogen-bond acceptors (Lipinski definition) is 1. The second-order valence-corrected chi connectivity index (χ2v) is 4.19. The van der Waals surface area contributed by atoms with Crippen LogP contribution in [0.5, 0.6) is 0 Å². The summed E-state index contributed by atoms with van der Waals surface area (Å²) in [6.45, 7) is 0. The summed E-state index contributed by atoms with van der Waals surface area (Å²) in [5.41, 5.74) is 2.03. The van der Waals surface area contributed by atoms with Gasteiger partial charge in [-0.1, -0.05) is 54.1 Å². The molecule has 0 saturated carbocycles. The van der Waals surface area contributed by atoms with Crippen molar-refractivity contribution in [3.05, 3.63) is 70.7 Å². The Kier molecular flexibility index (Phi) is 3.60. The summed E-state index contributed by atoms with van der Waals surface area (Å²) in [6.07, 6.45) is 0.156. The van der Waals surface area contributed by atoms with Crippen molar-refractivity contribution in [3.63, 3.8) is 0 Å². The SMILES string of the molecule is OC(Cc1ccc(Cl)cc1)c1ccccc1. The lowest BCUT2D eigenvalue weighted by atomic mass is 10.0. The maximum atomic E-state index is 10.0. The van der Waals surface area contributed by atoms with E-state index in [2.05, 4.69) is 0 Å². The number of rotatable bonds is 3. The van der Waals surface area contributed by atoms with Gasteiger partial charge < -0.3 is 5.11 Å². The van der Waals surface area contributed by atoms with Crippen molar-refractivity contribution in [2.45, 2.75) is 12.5 Å². The minimum atomic E-state index is -0.456. The standard InChI is InChI=1S/C14H13ClO/c15-13-8-6-11(7-9-13)10-14(16)12-4-2-1-3-5-12/h1-9,14,16H,10H2. The fraction of sp³-hybridized carbons (Fsp3) is 0.143.